The van der Waals surface area contributed by atoms with Crippen molar-refractivity contribution in [1.29, 1.82) is 0 Å². The first-order valence-corrected chi connectivity index (χ1v) is 3.65. The fraction of sp³-hybridized carbons (Fsp3) is 0.222. The van der Waals surface area contributed by atoms with Gasteiger partial charge in [0, 0.05) is 2.74 Å². The van der Waals surface area contributed by atoms with E-state index in [1.165, 1.54) is 0 Å². The Morgan fingerprint density at radius 1 is 1.57 bits per heavy atom. The van der Waals surface area contributed by atoms with Gasteiger partial charge >= 0.3 is 5.97 Å². The molecule has 5 N–H and O–H groups in total. The second-order valence-corrected chi connectivity index (χ2v) is 2.55. The summed E-state index contributed by atoms with van der Waals surface area (Å²) in [5.41, 5.74) is 4.79. The number of carboxylic acids is 1. The van der Waals surface area contributed by atoms with E-state index in [9.17, 15) is 9.90 Å². The largest absolute Gasteiger partial charge is 0.504 e. The number of carboxylic acid groups (broad SMARTS) is 1. The second kappa shape index (κ2) is 3.97. The van der Waals surface area contributed by atoms with Crippen LogP contribution < -0.4 is 5.73 Å². The molecular formula is C9H11NO4. The Balaban J connectivity index is 3.30. The van der Waals surface area contributed by atoms with Gasteiger partial charge < -0.3 is 21.1 Å². The van der Waals surface area contributed by atoms with E-state index in [1.54, 1.807) is 0 Å². The highest BCUT2D eigenvalue weighted by Crippen LogP contribution is 2.25. The molecule has 1 aromatic carbocycles. The summed E-state index contributed by atoms with van der Waals surface area (Å²) in [6.45, 7) is 0. The van der Waals surface area contributed by atoms with Crippen LogP contribution in [0.15, 0.2) is 18.2 Å². The average molecular weight is 200 g/mol. The highest BCUT2D eigenvalue weighted by atomic mass is 16.4. The first kappa shape index (κ1) is 6.67. The molecule has 0 spiro atoms. The van der Waals surface area contributed by atoms with E-state index in [1.807, 2.05) is 0 Å². The lowest BCUT2D eigenvalue weighted by Crippen LogP contribution is -2.32. The van der Waals surface area contributed by atoms with Gasteiger partial charge in [0.25, 0.3) is 0 Å². The van der Waals surface area contributed by atoms with Crippen LogP contribution in [-0.4, -0.2) is 27.3 Å². The third-order valence-electron chi connectivity index (χ3n) is 1.48. The number of aliphatic carboxylic acids is 1. The van der Waals surface area contributed by atoms with Crippen LogP contribution in [0, 0.1) is 0 Å². The summed E-state index contributed by atoms with van der Waals surface area (Å²) in [5, 5.41) is 27.0. The SMILES string of the molecule is [2H]C([2H])(c1ccc(O)c(O)c1)[C@@]([2H])(N)C(=O)O. The monoisotopic (exact) mass is 200 g/mol. The molecule has 14 heavy (non-hydrogen) atoms. The standard InChI is InChI=1S/C9H11NO4/c10-6(9(13)14)3-5-1-2-7(11)8(12)4-5/h1-2,4,6,11-12H,3,10H2,(H,13,14)/t6-/m1/s1/i3D2,6D. The molecule has 5 heteroatoms. The molecule has 0 saturated heterocycles. The second-order valence-electron chi connectivity index (χ2n) is 2.55. The van der Waals surface area contributed by atoms with Gasteiger partial charge in [-0.3, -0.25) is 4.79 Å². The topological polar surface area (TPSA) is 104 Å². The van der Waals surface area contributed by atoms with Crippen LogP contribution in [0.3, 0.4) is 0 Å². The minimum Gasteiger partial charge on any atom is -0.504 e. The van der Waals surface area contributed by atoms with E-state index in [2.05, 4.69) is 0 Å². The Labute approximate surface area is 84.6 Å². The minimum absolute atomic E-state index is 0.312. The van der Waals surface area contributed by atoms with Gasteiger partial charge in [-0.15, -0.1) is 0 Å². The number of phenolic OH excluding ortho intramolecular Hbond substituents is 2. The number of hydrogen-bond acceptors (Lipinski definition) is 4. The Morgan fingerprint density at radius 3 is 2.71 bits per heavy atom. The van der Waals surface area contributed by atoms with Crippen LogP contribution in [0.5, 0.6) is 11.5 Å². The maximum Gasteiger partial charge on any atom is 0.320 e. The summed E-state index contributed by atoms with van der Waals surface area (Å²) >= 11 is 0. The van der Waals surface area contributed by atoms with Crippen LogP contribution >= 0.6 is 0 Å². The summed E-state index contributed by atoms with van der Waals surface area (Å²) in [6.07, 6.45) is -2.73. The van der Waals surface area contributed by atoms with Crippen molar-refractivity contribution in [2.75, 3.05) is 0 Å². The summed E-state index contributed by atoms with van der Waals surface area (Å²) in [5.74, 6) is -2.94. The number of rotatable bonds is 3. The molecule has 1 rings (SSSR count). The van der Waals surface area contributed by atoms with E-state index < -0.39 is 29.9 Å². The molecule has 76 valence electrons. The molecule has 1 aromatic rings. The Kier molecular flexibility index (Phi) is 1.89. The van der Waals surface area contributed by atoms with Crippen molar-refractivity contribution < 1.29 is 24.2 Å². The van der Waals surface area contributed by atoms with Gasteiger partial charge in [0.2, 0.25) is 0 Å². The molecule has 0 aromatic heterocycles. The third-order valence-corrected chi connectivity index (χ3v) is 1.48. The van der Waals surface area contributed by atoms with Crippen molar-refractivity contribution in [2.24, 2.45) is 5.73 Å². The number of phenols is 2. The number of nitrogens with two attached hydrogens (primary N) is 1. The summed E-state index contributed by atoms with van der Waals surface area (Å²) in [4.78, 5) is 10.7. The molecule has 0 bridgehead atoms. The summed E-state index contributed by atoms with van der Waals surface area (Å²) in [6, 6.07) is -0.0423. The van der Waals surface area contributed by atoms with Crippen LogP contribution in [0.25, 0.3) is 0 Å². The average Bonchev–Trinajstić information content (AvgIpc) is 2.21. The molecule has 0 aliphatic carbocycles. The lowest BCUT2D eigenvalue weighted by Gasteiger charge is -2.06. The van der Waals surface area contributed by atoms with Crippen molar-refractivity contribution in [3.63, 3.8) is 0 Å². The van der Waals surface area contributed by atoms with Crippen molar-refractivity contribution in [3.05, 3.63) is 23.8 Å². The van der Waals surface area contributed by atoms with Gasteiger partial charge in [0.1, 0.15) is 6.02 Å². The van der Waals surface area contributed by atoms with Gasteiger partial charge in [-0.05, 0) is 24.1 Å². The van der Waals surface area contributed by atoms with Gasteiger partial charge in [0.15, 0.2) is 11.5 Å². The van der Waals surface area contributed by atoms with E-state index in [4.69, 9.17) is 20.1 Å². The van der Waals surface area contributed by atoms with E-state index in [0.29, 0.717) is 0 Å². The highest BCUT2D eigenvalue weighted by molar-refractivity contribution is 5.73. The molecule has 5 nitrogen and oxygen atoms in total. The zero-order chi connectivity index (χ0) is 13.4. The first-order valence-electron chi connectivity index (χ1n) is 5.15. The fourth-order valence-corrected chi connectivity index (χ4v) is 0.810. The zero-order valence-electron chi connectivity index (χ0n) is 10.1. The zero-order valence-corrected chi connectivity index (χ0v) is 7.06. The molecule has 0 heterocycles. The van der Waals surface area contributed by atoms with Crippen LogP contribution in [0.1, 0.15) is 9.68 Å². The van der Waals surface area contributed by atoms with Gasteiger partial charge in [-0.1, -0.05) is 6.07 Å². The molecule has 0 unspecified atom stereocenters. The van der Waals surface area contributed by atoms with Gasteiger partial charge in [-0.25, -0.2) is 0 Å². The lowest BCUT2D eigenvalue weighted by atomic mass is 10.1. The molecule has 0 saturated carbocycles. The van der Waals surface area contributed by atoms with Gasteiger partial charge in [-0.2, -0.15) is 0 Å². The Hall–Kier alpha value is -1.75. The predicted octanol–water partition coefficient (Wildman–Crippen LogP) is 0.0522. The van der Waals surface area contributed by atoms with Crippen molar-refractivity contribution in [1.82, 2.24) is 0 Å². The number of benzene rings is 1. The molecule has 1 atom stereocenters. The quantitative estimate of drug-likeness (QED) is 0.516. The molecule has 0 fully saturated rings. The van der Waals surface area contributed by atoms with Crippen LogP contribution in [0.2, 0.25) is 0 Å². The molecule has 0 aliphatic rings. The van der Waals surface area contributed by atoms with Crippen molar-refractivity contribution >= 4 is 5.97 Å². The number of carbonyl (C=O) groups is 1. The van der Waals surface area contributed by atoms with E-state index in [0.717, 1.165) is 18.2 Å². The first-order chi connectivity index (χ1) is 7.60. The summed E-state index contributed by atoms with van der Waals surface area (Å²) < 4.78 is 22.4. The third kappa shape index (κ3) is 2.37. The Morgan fingerprint density at radius 2 is 2.21 bits per heavy atom. The smallest absolute Gasteiger partial charge is 0.320 e. The predicted molar refractivity (Wildman–Crippen MR) is 49.1 cm³/mol. The number of aromatic hydroxyl groups is 2. The molecule has 0 aliphatic heterocycles. The maximum absolute atomic E-state index is 10.7. The fourth-order valence-electron chi connectivity index (χ4n) is 0.810. The van der Waals surface area contributed by atoms with Crippen molar-refractivity contribution in [3.8, 4) is 11.5 Å². The van der Waals surface area contributed by atoms with Crippen molar-refractivity contribution in [2.45, 2.75) is 12.4 Å². The molecule has 0 radical (unpaired) electrons. The molecule has 0 amide bonds. The van der Waals surface area contributed by atoms with E-state index in [-0.39, 0.29) is 5.56 Å². The van der Waals surface area contributed by atoms with Crippen LogP contribution in [-0.2, 0) is 11.2 Å². The van der Waals surface area contributed by atoms with Crippen LogP contribution in [0.4, 0.5) is 0 Å². The summed E-state index contributed by atoms with van der Waals surface area (Å²) in [7, 11) is 0. The molecular weight excluding hydrogens is 186 g/mol. The Bertz CT molecular complexity index is 462. The highest BCUT2D eigenvalue weighted by Gasteiger charge is 2.12. The number of hydrogen-bond donors (Lipinski definition) is 4. The lowest BCUT2D eigenvalue weighted by molar-refractivity contribution is -0.138. The maximum atomic E-state index is 10.7. The van der Waals surface area contributed by atoms with E-state index >= 15 is 0 Å². The minimum atomic E-state index is -2.91. The van der Waals surface area contributed by atoms with Gasteiger partial charge in [0.05, 0.1) is 1.37 Å². The normalized spacial score (nSPS) is 18.8.